The van der Waals surface area contributed by atoms with Gasteiger partial charge in [-0.05, 0) is 58.2 Å². The van der Waals surface area contributed by atoms with E-state index < -0.39 is 11.7 Å². The monoisotopic (exact) mass is 565 g/mol. The van der Waals surface area contributed by atoms with E-state index in [-0.39, 0.29) is 41.8 Å². The summed E-state index contributed by atoms with van der Waals surface area (Å²) in [6.45, 7) is 2.32. The van der Waals surface area contributed by atoms with Crippen LogP contribution in [0.1, 0.15) is 58.4 Å². The summed E-state index contributed by atoms with van der Waals surface area (Å²) in [6.07, 6.45) is -2.98. The van der Waals surface area contributed by atoms with E-state index >= 15 is 0 Å². The van der Waals surface area contributed by atoms with Gasteiger partial charge in [0.2, 0.25) is 5.91 Å². The zero-order valence-corrected chi connectivity index (χ0v) is 23.1. The average molecular weight is 566 g/mol. The SMILES string of the molecule is O=C(CCCc1cccc(C2CNCCN2)c1C(F)(F)F)NCCC(c1cccs1)c1cccc2ccccc12. The number of rotatable bonds is 10. The van der Waals surface area contributed by atoms with Crippen molar-refractivity contribution in [2.45, 2.75) is 43.8 Å². The highest BCUT2D eigenvalue weighted by atomic mass is 32.1. The molecule has 8 heteroatoms. The van der Waals surface area contributed by atoms with Gasteiger partial charge in [0, 0.05) is 49.4 Å². The molecule has 1 amide bonds. The summed E-state index contributed by atoms with van der Waals surface area (Å²) in [5.41, 5.74) is 1.19. The number of thiophene rings is 1. The number of carbonyl (C=O) groups excluding carboxylic acids is 1. The molecule has 1 fully saturated rings. The Morgan fingerprint density at radius 2 is 1.82 bits per heavy atom. The van der Waals surface area contributed by atoms with Gasteiger partial charge in [-0.15, -0.1) is 11.3 Å². The van der Waals surface area contributed by atoms with Crippen molar-refractivity contribution in [3.63, 3.8) is 0 Å². The van der Waals surface area contributed by atoms with Crippen molar-refractivity contribution in [1.29, 1.82) is 0 Å². The van der Waals surface area contributed by atoms with E-state index in [0.717, 1.165) is 13.0 Å². The molecule has 0 radical (unpaired) electrons. The van der Waals surface area contributed by atoms with Crippen LogP contribution in [0.5, 0.6) is 0 Å². The van der Waals surface area contributed by atoms with Gasteiger partial charge in [-0.3, -0.25) is 4.79 Å². The largest absolute Gasteiger partial charge is 0.416 e. The number of fused-ring (bicyclic) bond motifs is 1. The summed E-state index contributed by atoms with van der Waals surface area (Å²) in [5, 5.41) is 13.8. The summed E-state index contributed by atoms with van der Waals surface area (Å²) in [6, 6.07) is 23.2. The molecule has 0 spiro atoms. The third-order valence-corrected chi connectivity index (χ3v) is 8.56. The van der Waals surface area contributed by atoms with E-state index in [4.69, 9.17) is 0 Å². The van der Waals surface area contributed by atoms with Crippen molar-refractivity contribution in [3.05, 3.63) is 105 Å². The molecule has 40 heavy (non-hydrogen) atoms. The van der Waals surface area contributed by atoms with Crippen molar-refractivity contribution in [2.24, 2.45) is 0 Å². The molecule has 2 unspecified atom stereocenters. The van der Waals surface area contributed by atoms with Gasteiger partial charge >= 0.3 is 6.18 Å². The molecule has 210 valence electrons. The van der Waals surface area contributed by atoms with Crippen LogP contribution in [0.4, 0.5) is 13.2 Å². The molecular formula is C32H34F3N3OS. The fourth-order valence-corrected chi connectivity index (χ4v) is 6.60. The van der Waals surface area contributed by atoms with E-state index in [1.807, 2.05) is 18.2 Å². The number of halogens is 3. The molecule has 2 heterocycles. The molecule has 3 aromatic carbocycles. The molecule has 3 N–H and O–H groups in total. The van der Waals surface area contributed by atoms with E-state index in [2.05, 4.69) is 57.7 Å². The molecule has 2 atom stereocenters. The number of hydrogen-bond acceptors (Lipinski definition) is 4. The second kappa shape index (κ2) is 13.0. The van der Waals surface area contributed by atoms with E-state index in [9.17, 15) is 18.0 Å². The fraction of sp³-hybridized carbons (Fsp3) is 0.344. The summed E-state index contributed by atoms with van der Waals surface area (Å²) in [4.78, 5) is 13.9. The molecule has 1 saturated heterocycles. The first-order valence-corrected chi connectivity index (χ1v) is 14.7. The van der Waals surface area contributed by atoms with Crippen molar-refractivity contribution >= 4 is 28.0 Å². The van der Waals surface area contributed by atoms with Gasteiger partial charge in [0.05, 0.1) is 5.56 Å². The number of alkyl halides is 3. The van der Waals surface area contributed by atoms with Gasteiger partial charge in [-0.1, -0.05) is 66.7 Å². The Bertz CT molecular complexity index is 1410. The minimum absolute atomic E-state index is 0.134. The predicted molar refractivity (Wildman–Crippen MR) is 156 cm³/mol. The number of amides is 1. The molecule has 5 rings (SSSR count). The van der Waals surface area contributed by atoms with Crippen molar-refractivity contribution in [1.82, 2.24) is 16.0 Å². The van der Waals surface area contributed by atoms with Crippen LogP contribution < -0.4 is 16.0 Å². The highest BCUT2D eigenvalue weighted by molar-refractivity contribution is 7.10. The zero-order valence-electron chi connectivity index (χ0n) is 22.3. The maximum Gasteiger partial charge on any atom is 0.416 e. The number of hydrogen-bond donors (Lipinski definition) is 3. The van der Waals surface area contributed by atoms with Crippen LogP contribution in [0.3, 0.4) is 0 Å². The van der Waals surface area contributed by atoms with Crippen LogP contribution in [0.15, 0.2) is 78.2 Å². The van der Waals surface area contributed by atoms with E-state index in [1.165, 1.54) is 27.3 Å². The third kappa shape index (κ3) is 6.74. The molecule has 0 aliphatic carbocycles. The van der Waals surface area contributed by atoms with Crippen LogP contribution in [-0.4, -0.2) is 32.1 Å². The smallest absolute Gasteiger partial charge is 0.356 e. The Morgan fingerprint density at radius 3 is 2.60 bits per heavy atom. The quantitative estimate of drug-likeness (QED) is 0.198. The van der Waals surface area contributed by atoms with Gasteiger partial charge in [-0.2, -0.15) is 13.2 Å². The second-order valence-corrected chi connectivity index (χ2v) is 11.2. The van der Waals surface area contributed by atoms with Crippen molar-refractivity contribution in [3.8, 4) is 0 Å². The first-order chi connectivity index (χ1) is 19.4. The molecule has 1 aliphatic heterocycles. The number of carbonyl (C=O) groups is 1. The van der Waals surface area contributed by atoms with Crippen LogP contribution in [0.2, 0.25) is 0 Å². The number of aryl methyl sites for hydroxylation is 1. The van der Waals surface area contributed by atoms with Crippen LogP contribution in [0, 0.1) is 0 Å². The predicted octanol–water partition coefficient (Wildman–Crippen LogP) is 6.82. The number of nitrogens with one attached hydrogen (secondary N) is 3. The van der Waals surface area contributed by atoms with Gasteiger partial charge in [0.25, 0.3) is 0 Å². The van der Waals surface area contributed by atoms with Crippen LogP contribution in [0.25, 0.3) is 10.8 Å². The zero-order chi connectivity index (χ0) is 28.0. The fourth-order valence-electron chi connectivity index (χ4n) is 5.72. The first-order valence-electron chi connectivity index (χ1n) is 13.8. The van der Waals surface area contributed by atoms with E-state index in [0.29, 0.717) is 26.1 Å². The molecular weight excluding hydrogens is 531 g/mol. The Labute approximate surface area is 237 Å². The second-order valence-electron chi connectivity index (χ2n) is 10.2. The summed E-state index contributed by atoms with van der Waals surface area (Å²) in [7, 11) is 0. The molecule has 1 aliphatic rings. The molecule has 0 saturated carbocycles. The van der Waals surface area contributed by atoms with Gasteiger partial charge in [0.15, 0.2) is 0 Å². The normalized spacial score (nSPS) is 16.6. The lowest BCUT2D eigenvalue weighted by atomic mass is 9.90. The Kier molecular flexibility index (Phi) is 9.19. The minimum Gasteiger partial charge on any atom is -0.356 e. The Hall–Kier alpha value is -3.20. The van der Waals surface area contributed by atoms with E-state index in [1.54, 1.807) is 23.5 Å². The average Bonchev–Trinajstić information content (AvgIpc) is 3.50. The third-order valence-electron chi connectivity index (χ3n) is 7.57. The molecule has 0 bridgehead atoms. The maximum absolute atomic E-state index is 14.1. The van der Waals surface area contributed by atoms with Crippen LogP contribution in [-0.2, 0) is 17.4 Å². The van der Waals surface area contributed by atoms with Crippen molar-refractivity contribution in [2.75, 3.05) is 26.2 Å². The Balaban J connectivity index is 1.20. The van der Waals surface area contributed by atoms with Crippen molar-refractivity contribution < 1.29 is 18.0 Å². The van der Waals surface area contributed by atoms with Gasteiger partial charge < -0.3 is 16.0 Å². The first kappa shape index (κ1) is 28.3. The summed E-state index contributed by atoms with van der Waals surface area (Å²) < 4.78 is 42.4. The van der Waals surface area contributed by atoms with Gasteiger partial charge in [0.1, 0.15) is 0 Å². The highest BCUT2D eigenvalue weighted by Gasteiger charge is 2.37. The minimum atomic E-state index is -4.45. The lowest BCUT2D eigenvalue weighted by molar-refractivity contribution is -0.139. The standard InChI is InChI=1S/C32H34F3N3OS/c33-32(34,35)31-23(9-4-13-27(31)28-21-36-18-19-37-28)10-5-15-30(39)38-17-16-26(29-14-6-20-40-29)25-12-3-8-22-7-1-2-11-24(22)25/h1-4,6-9,11-14,20,26,28,36-37H,5,10,15-19,21H2,(H,38,39). The van der Waals surface area contributed by atoms with Crippen LogP contribution >= 0.6 is 11.3 Å². The topological polar surface area (TPSA) is 53.2 Å². The van der Waals surface area contributed by atoms with Gasteiger partial charge in [-0.25, -0.2) is 0 Å². The lowest BCUT2D eigenvalue weighted by Gasteiger charge is -2.28. The number of benzene rings is 3. The Morgan fingerprint density at radius 1 is 1.00 bits per heavy atom. The highest BCUT2D eigenvalue weighted by Crippen LogP contribution is 2.38. The summed E-state index contributed by atoms with van der Waals surface area (Å²) in [5.74, 6) is 0.0112. The molecule has 4 aromatic rings. The lowest BCUT2D eigenvalue weighted by Crippen LogP contribution is -2.43. The maximum atomic E-state index is 14.1. The molecule has 1 aromatic heterocycles. The summed E-state index contributed by atoms with van der Waals surface area (Å²) >= 11 is 1.71. The molecule has 4 nitrogen and oxygen atoms in total. The number of piperazine rings is 1.